The summed E-state index contributed by atoms with van der Waals surface area (Å²) < 4.78 is 30.7. The third-order valence-corrected chi connectivity index (χ3v) is 8.42. The van der Waals surface area contributed by atoms with Crippen LogP contribution in [0.4, 0.5) is 0 Å². The van der Waals surface area contributed by atoms with Crippen LogP contribution in [0.15, 0.2) is 54.7 Å². The summed E-state index contributed by atoms with van der Waals surface area (Å²) in [4.78, 5) is 18.0. The van der Waals surface area contributed by atoms with Crippen LogP contribution < -0.4 is 5.32 Å². The van der Waals surface area contributed by atoms with E-state index < -0.39 is 21.8 Å². The minimum atomic E-state index is -3.16. The van der Waals surface area contributed by atoms with Gasteiger partial charge in [-0.15, -0.1) is 0 Å². The number of hydrogen-bond donors (Lipinski definition) is 1. The fourth-order valence-electron chi connectivity index (χ4n) is 4.43. The maximum atomic E-state index is 13.4. The molecule has 0 radical (unpaired) electrons. The van der Waals surface area contributed by atoms with Gasteiger partial charge in [-0.1, -0.05) is 53.5 Å². The van der Waals surface area contributed by atoms with Gasteiger partial charge in [-0.3, -0.25) is 4.79 Å². The van der Waals surface area contributed by atoms with Crippen LogP contribution in [0.2, 0.25) is 10.0 Å². The molecular formula is C25H22Cl2N4O4S. The zero-order valence-electron chi connectivity index (χ0n) is 19.2. The van der Waals surface area contributed by atoms with Gasteiger partial charge in [-0.05, 0) is 24.6 Å². The Balaban J connectivity index is 1.71. The number of carbonyl (C=O) groups excluding carboxylic acids is 1. The van der Waals surface area contributed by atoms with Crippen molar-refractivity contribution in [2.75, 3.05) is 18.6 Å². The largest absolute Gasteiger partial charge is 0.378 e. The molecule has 1 N–H and O–H groups in total. The third kappa shape index (κ3) is 4.71. The van der Waals surface area contributed by atoms with Crippen LogP contribution in [0.3, 0.4) is 0 Å². The average Bonchev–Trinajstić information content (AvgIpc) is 3.38. The number of ether oxygens (including phenoxy) is 1. The summed E-state index contributed by atoms with van der Waals surface area (Å²) in [5.41, 5.74) is 3.88. The number of fused-ring (bicyclic) bond motifs is 1. The van der Waals surface area contributed by atoms with Gasteiger partial charge in [0.05, 0.1) is 23.8 Å². The molecule has 1 amide bonds. The normalized spacial score (nSPS) is 16.9. The van der Waals surface area contributed by atoms with Crippen molar-refractivity contribution in [1.29, 1.82) is 0 Å². The number of nitrogens with one attached hydrogen (secondary N) is 1. The van der Waals surface area contributed by atoms with Crippen LogP contribution in [0, 0.1) is 0 Å². The first kappa shape index (κ1) is 24.7. The Labute approximate surface area is 218 Å². The summed E-state index contributed by atoms with van der Waals surface area (Å²) in [5.74, 6) is -0.477. The molecule has 5 rings (SSSR count). The fourth-order valence-corrected chi connectivity index (χ4v) is 6.47. The van der Waals surface area contributed by atoms with Crippen LogP contribution in [0.25, 0.3) is 28.0 Å². The second-order valence-corrected chi connectivity index (χ2v) is 11.6. The zero-order chi connectivity index (χ0) is 25.4. The van der Waals surface area contributed by atoms with E-state index in [9.17, 15) is 13.2 Å². The van der Waals surface area contributed by atoms with Gasteiger partial charge >= 0.3 is 0 Å². The smallest absolute Gasteiger partial charge is 0.257 e. The summed E-state index contributed by atoms with van der Waals surface area (Å²) in [6.45, 7) is 0.0660. The van der Waals surface area contributed by atoms with E-state index in [4.69, 9.17) is 33.0 Å². The second kappa shape index (κ2) is 9.82. The molecular weight excluding hydrogens is 523 g/mol. The number of carbonyl (C=O) groups is 1. The van der Waals surface area contributed by atoms with Crippen LogP contribution in [0.1, 0.15) is 22.5 Å². The molecule has 1 aliphatic rings. The Bertz CT molecular complexity index is 1570. The number of nitrogens with zero attached hydrogens (tertiary/aromatic N) is 3. The molecule has 11 heteroatoms. The first-order valence-electron chi connectivity index (χ1n) is 11.2. The lowest BCUT2D eigenvalue weighted by Crippen LogP contribution is -2.36. The Morgan fingerprint density at radius 2 is 1.89 bits per heavy atom. The Morgan fingerprint density at radius 3 is 2.56 bits per heavy atom. The fraction of sp³-hybridized carbons (Fsp3) is 0.240. The molecule has 0 aliphatic carbocycles. The van der Waals surface area contributed by atoms with E-state index >= 15 is 0 Å². The molecule has 2 aromatic carbocycles. The van der Waals surface area contributed by atoms with E-state index in [1.54, 1.807) is 28.9 Å². The molecule has 186 valence electrons. The highest BCUT2D eigenvalue weighted by atomic mass is 35.5. The number of methoxy groups -OCH3 is 1. The van der Waals surface area contributed by atoms with E-state index in [1.807, 2.05) is 30.3 Å². The first-order valence-corrected chi connectivity index (χ1v) is 13.8. The highest BCUT2D eigenvalue weighted by Crippen LogP contribution is 2.37. The standard InChI is InChI=1S/C25H22Cl2N4O4S/c1-35-13-21-22(25(32)29-17-10-11-36(33,34)14-17)24-28-12-19(18-4-2-3-5-20(18)27)23(31(24)30-21)15-6-8-16(26)9-7-15/h2-9,12,17H,10-11,13-14H2,1H3,(H,29,32). The lowest BCUT2D eigenvalue weighted by atomic mass is 10.0. The van der Waals surface area contributed by atoms with Crippen LogP contribution in [0.5, 0.6) is 0 Å². The van der Waals surface area contributed by atoms with Crippen molar-refractivity contribution < 1.29 is 17.9 Å². The first-order chi connectivity index (χ1) is 17.3. The van der Waals surface area contributed by atoms with Gasteiger partial charge in [-0.25, -0.2) is 17.9 Å². The predicted octanol–water partition coefficient (Wildman–Crippen LogP) is 4.43. The predicted molar refractivity (Wildman–Crippen MR) is 139 cm³/mol. The molecule has 1 fully saturated rings. The lowest BCUT2D eigenvalue weighted by molar-refractivity contribution is 0.0937. The second-order valence-electron chi connectivity index (χ2n) is 8.57. The Kier molecular flexibility index (Phi) is 6.74. The van der Waals surface area contributed by atoms with E-state index in [1.165, 1.54) is 7.11 Å². The van der Waals surface area contributed by atoms with Crippen LogP contribution >= 0.6 is 23.2 Å². The molecule has 2 aromatic heterocycles. The molecule has 1 unspecified atom stereocenters. The number of benzene rings is 2. The van der Waals surface area contributed by atoms with Crippen molar-refractivity contribution in [2.24, 2.45) is 0 Å². The van der Waals surface area contributed by atoms with Gasteiger partial charge in [0, 0.05) is 46.1 Å². The lowest BCUT2D eigenvalue weighted by Gasteiger charge is -2.14. The van der Waals surface area contributed by atoms with Crippen molar-refractivity contribution >= 4 is 44.6 Å². The topological polar surface area (TPSA) is 103 Å². The molecule has 8 nitrogen and oxygen atoms in total. The van der Waals surface area contributed by atoms with Crippen LogP contribution in [-0.4, -0.2) is 53.6 Å². The van der Waals surface area contributed by atoms with Gasteiger partial charge in [0.25, 0.3) is 5.91 Å². The summed E-state index contributed by atoms with van der Waals surface area (Å²) in [6.07, 6.45) is 2.03. The summed E-state index contributed by atoms with van der Waals surface area (Å²) in [7, 11) is -1.65. The molecule has 3 heterocycles. The minimum absolute atomic E-state index is 0.0534. The van der Waals surface area contributed by atoms with E-state index in [0.29, 0.717) is 33.5 Å². The SMILES string of the molecule is COCc1nn2c(-c3ccc(Cl)cc3)c(-c3ccccc3Cl)cnc2c1C(=O)NC1CCS(=O)(=O)C1. The van der Waals surface area contributed by atoms with Crippen molar-refractivity contribution in [2.45, 2.75) is 19.1 Å². The molecule has 0 saturated carbocycles. The molecule has 1 aliphatic heterocycles. The van der Waals surface area contributed by atoms with Crippen molar-refractivity contribution in [3.63, 3.8) is 0 Å². The quantitative estimate of drug-likeness (QED) is 0.385. The molecule has 36 heavy (non-hydrogen) atoms. The maximum absolute atomic E-state index is 13.4. The number of hydrogen-bond acceptors (Lipinski definition) is 6. The monoisotopic (exact) mass is 544 g/mol. The summed E-state index contributed by atoms with van der Waals surface area (Å²) >= 11 is 12.7. The molecule has 1 atom stereocenters. The summed E-state index contributed by atoms with van der Waals surface area (Å²) in [5, 5.41) is 8.68. The summed E-state index contributed by atoms with van der Waals surface area (Å²) in [6, 6.07) is 14.2. The van der Waals surface area contributed by atoms with Gasteiger partial charge in [-0.2, -0.15) is 5.10 Å². The van der Waals surface area contributed by atoms with E-state index in [2.05, 4.69) is 10.3 Å². The number of sulfone groups is 1. The Hall–Kier alpha value is -2.98. The number of rotatable bonds is 6. The molecule has 0 bridgehead atoms. The Morgan fingerprint density at radius 1 is 1.14 bits per heavy atom. The van der Waals surface area contributed by atoms with Gasteiger partial charge < -0.3 is 10.1 Å². The van der Waals surface area contributed by atoms with E-state index in [0.717, 1.165) is 16.7 Å². The minimum Gasteiger partial charge on any atom is -0.378 e. The number of amides is 1. The van der Waals surface area contributed by atoms with Gasteiger partial charge in [0.15, 0.2) is 15.5 Å². The third-order valence-electron chi connectivity index (χ3n) is 6.07. The number of halogens is 2. The van der Waals surface area contributed by atoms with Crippen molar-refractivity contribution in [1.82, 2.24) is 19.9 Å². The van der Waals surface area contributed by atoms with Gasteiger partial charge in [0.2, 0.25) is 0 Å². The molecule has 1 saturated heterocycles. The van der Waals surface area contributed by atoms with Crippen LogP contribution in [-0.2, 0) is 21.2 Å². The molecule has 0 spiro atoms. The van der Waals surface area contributed by atoms with Gasteiger partial charge in [0.1, 0.15) is 11.3 Å². The van der Waals surface area contributed by atoms with Crippen molar-refractivity contribution in [3.8, 4) is 22.4 Å². The van der Waals surface area contributed by atoms with E-state index in [-0.39, 0.29) is 23.7 Å². The average molecular weight is 545 g/mol. The maximum Gasteiger partial charge on any atom is 0.257 e. The zero-order valence-corrected chi connectivity index (χ0v) is 21.6. The molecule has 4 aromatic rings. The highest BCUT2D eigenvalue weighted by molar-refractivity contribution is 7.91. The van der Waals surface area contributed by atoms with Crippen molar-refractivity contribution in [3.05, 3.63) is 76.0 Å². The highest BCUT2D eigenvalue weighted by Gasteiger charge is 2.32. The number of aromatic nitrogens is 3.